The first-order valence-corrected chi connectivity index (χ1v) is 7.06. The van der Waals surface area contributed by atoms with Crippen LogP contribution in [-0.4, -0.2) is 30.3 Å². The first kappa shape index (κ1) is 16.5. The maximum atomic E-state index is 11.4. The van der Waals surface area contributed by atoms with Gasteiger partial charge in [0.2, 0.25) is 0 Å². The molecule has 0 heterocycles. The standard InChI is InChI=1S/C14H17BrO5/c1-3-4-5-19-12(16)8-20-13-9(2)6-10(15)7-11(13)14(17)18/h6-7H,3-5,8H2,1-2H3,(H,17,18). The lowest BCUT2D eigenvalue weighted by atomic mass is 10.1. The number of halogens is 1. The van der Waals surface area contributed by atoms with Gasteiger partial charge in [0.25, 0.3) is 0 Å². The fraction of sp³-hybridized carbons (Fsp3) is 0.429. The third-order valence-corrected chi connectivity index (χ3v) is 3.02. The van der Waals surface area contributed by atoms with Gasteiger partial charge in [-0.2, -0.15) is 0 Å². The number of unbranched alkanes of at least 4 members (excludes halogenated alkanes) is 1. The normalized spacial score (nSPS) is 10.2. The Morgan fingerprint density at radius 3 is 2.65 bits per heavy atom. The van der Waals surface area contributed by atoms with Gasteiger partial charge in [0.05, 0.1) is 6.61 Å². The van der Waals surface area contributed by atoms with E-state index in [1.165, 1.54) is 6.07 Å². The van der Waals surface area contributed by atoms with E-state index in [2.05, 4.69) is 15.9 Å². The molecular formula is C14H17BrO5. The van der Waals surface area contributed by atoms with Gasteiger partial charge in [-0.3, -0.25) is 0 Å². The first-order chi connectivity index (χ1) is 9.45. The zero-order chi connectivity index (χ0) is 15.1. The second-order valence-corrected chi connectivity index (χ2v) is 5.18. The summed E-state index contributed by atoms with van der Waals surface area (Å²) in [6.07, 6.45) is 1.73. The van der Waals surface area contributed by atoms with Crippen molar-refractivity contribution in [3.63, 3.8) is 0 Å². The molecule has 0 atom stereocenters. The fourth-order valence-electron chi connectivity index (χ4n) is 1.58. The van der Waals surface area contributed by atoms with Crippen molar-refractivity contribution in [1.29, 1.82) is 0 Å². The van der Waals surface area contributed by atoms with Crippen LogP contribution in [0.15, 0.2) is 16.6 Å². The van der Waals surface area contributed by atoms with Gasteiger partial charge in [-0.1, -0.05) is 29.3 Å². The Morgan fingerprint density at radius 1 is 1.35 bits per heavy atom. The first-order valence-electron chi connectivity index (χ1n) is 6.27. The molecule has 1 N–H and O–H groups in total. The monoisotopic (exact) mass is 344 g/mol. The number of rotatable bonds is 7. The molecule has 0 saturated heterocycles. The van der Waals surface area contributed by atoms with Crippen LogP contribution in [0.2, 0.25) is 0 Å². The summed E-state index contributed by atoms with van der Waals surface area (Å²) < 4.78 is 10.9. The number of esters is 1. The topological polar surface area (TPSA) is 72.8 Å². The molecule has 0 saturated carbocycles. The summed E-state index contributed by atoms with van der Waals surface area (Å²) in [4.78, 5) is 22.6. The third-order valence-electron chi connectivity index (χ3n) is 2.57. The smallest absolute Gasteiger partial charge is 0.344 e. The van der Waals surface area contributed by atoms with E-state index in [9.17, 15) is 9.59 Å². The number of carbonyl (C=O) groups is 2. The van der Waals surface area contributed by atoms with E-state index in [0.29, 0.717) is 16.6 Å². The lowest BCUT2D eigenvalue weighted by molar-refractivity contribution is -0.146. The van der Waals surface area contributed by atoms with Gasteiger partial charge < -0.3 is 14.6 Å². The van der Waals surface area contributed by atoms with Crippen LogP contribution in [0.4, 0.5) is 0 Å². The number of carbonyl (C=O) groups excluding carboxylic acids is 1. The lowest BCUT2D eigenvalue weighted by Gasteiger charge is -2.12. The maximum Gasteiger partial charge on any atom is 0.344 e. The summed E-state index contributed by atoms with van der Waals surface area (Å²) in [6.45, 7) is 3.76. The predicted octanol–water partition coefficient (Wildman–Crippen LogP) is 3.18. The van der Waals surface area contributed by atoms with Gasteiger partial charge in [0.1, 0.15) is 11.3 Å². The largest absolute Gasteiger partial charge is 0.481 e. The van der Waals surface area contributed by atoms with Gasteiger partial charge in [-0.05, 0) is 31.0 Å². The van der Waals surface area contributed by atoms with E-state index in [4.69, 9.17) is 14.6 Å². The fourth-order valence-corrected chi connectivity index (χ4v) is 2.16. The second kappa shape index (κ2) is 7.89. The highest BCUT2D eigenvalue weighted by Gasteiger charge is 2.16. The average molecular weight is 345 g/mol. The third kappa shape index (κ3) is 4.85. The van der Waals surface area contributed by atoms with E-state index in [0.717, 1.165) is 12.8 Å². The molecule has 0 fully saturated rings. The van der Waals surface area contributed by atoms with Gasteiger partial charge in [0, 0.05) is 4.47 Å². The number of carboxylic acid groups (broad SMARTS) is 1. The number of hydrogen-bond acceptors (Lipinski definition) is 4. The van der Waals surface area contributed by atoms with Crippen LogP contribution < -0.4 is 4.74 Å². The Labute approximate surface area is 126 Å². The minimum atomic E-state index is -1.11. The summed E-state index contributed by atoms with van der Waals surface area (Å²) in [5, 5.41) is 9.14. The zero-order valence-corrected chi connectivity index (χ0v) is 13.0. The maximum absolute atomic E-state index is 11.4. The molecule has 0 radical (unpaired) electrons. The van der Waals surface area contributed by atoms with E-state index in [1.54, 1.807) is 13.0 Å². The van der Waals surface area contributed by atoms with Crippen molar-refractivity contribution in [2.75, 3.05) is 13.2 Å². The summed E-state index contributed by atoms with van der Waals surface area (Å²) >= 11 is 3.23. The van der Waals surface area contributed by atoms with E-state index < -0.39 is 11.9 Å². The molecule has 6 heteroatoms. The molecule has 0 unspecified atom stereocenters. The van der Waals surface area contributed by atoms with Crippen molar-refractivity contribution in [2.45, 2.75) is 26.7 Å². The predicted molar refractivity (Wildman–Crippen MR) is 77.2 cm³/mol. The second-order valence-electron chi connectivity index (χ2n) is 4.27. The van der Waals surface area contributed by atoms with Crippen LogP contribution >= 0.6 is 15.9 Å². The SMILES string of the molecule is CCCCOC(=O)COc1c(C)cc(Br)cc1C(=O)O. The van der Waals surface area contributed by atoms with Crippen molar-refractivity contribution in [1.82, 2.24) is 0 Å². The molecule has 0 bridgehead atoms. The number of ether oxygens (including phenoxy) is 2. The summed E-state index contributed by atoms with van der Waals surface area (Å²) in [7, 11) is 0. The Bertz CT molecular complexity index is 499. The summed E-state index contributed by atoms with van der Waals surface area (Å²) in [5.41, 5.74) is 0.649. The Hall–Kier alpha value is -1.56. The minimum Gasteiger partial charge on any atom is -0.481 e. The molecule has 0 amide bonds. The van der Waals surface area contributed by atoms with Crippen molar-refractivity contribution in [2.24, 2.45) is 0 Å². The number of carboxylic acids is 1. The van der Waals surface area contributed by atoms with Gasteiger partial charge in [-0.15, -0.1) is 0 Å². The van der Waals surface area contributed by atoms with Crippen LogP contribution in [0.3, 0.4) is 0 Å². The molecule has 0 aliphatic carbocycles. The van der Waals surface area contributed by atoms with Crippen molar-refractivity contribution < 1.29 is 24.2 Å². The molecular weight excluding hydrogens is 328 g/mol. The highest BCUT2D eigenvalue weighted by Crippen LogP contribution is 2.28. The molecule has 0 aliphatic heterocycles. The van der Waals surface area contributed by atoms with Crippen molar-refractivity contribution >= 4 is 27.9 Å². The Kier molecular flexibility index (Phi) is 6.51. The van der Waals surface area contributed by atoms with Crippen LogP contribution in [0, 0.1) is 6.92 Å². The number of hydrogen-bond donors (Lipinski definition) is 1. The summed E-state index contributed by atoms with van der Waals surface area (Å²) in [5.74, 6) is -1.42. The molecule has 0 aliphatic rings. The highest BCUT2D eigenvalue weighted by molar-refractivity contribution is 9.10. The van der Waals surface area contributed by atoms with Crippen LogP contribution in [-0.2, 0) is 9.53 Å². The molecule has 1 rings (SSSR count). The van der Waals surface area contributed by atoms with Crippen LogP contribution in [0.1, 0.15) is 35.7 Å². The molecule has 1 aromatic rings. The Balaban J connectivity index is 2.72. The lowest BCUT2D eigenvalue weighted by Crippen LogP contribution is -2.17. The quantitative estimate of drug-likeness (QED) is 0.607. The van der Waals surface area contributed by atoms with Crippen molar-refractivity contribution in [3.8, 4) is 5.75 Å². The molecule has 0 aromatic heterocycles. The number of aryl methyl sites for hydroxylation is 1. The van der Waals surface area contributed by atoms with Crippen LogP contribution in [0.25, 0.3) is 0 Å². The zero-order valence-electron chi connectivity index (χ0n) is 11.4. The van der Waals surface area contributed by atoms with E-state index >= 15 is 0 Å². The number of benzene rings is 1. The summed E-state index contributed by atoms with van der Waals surface area (Å²) in [6, 6.07) is 3.16. The Morgan fingerprint density at radius 2 is 2.05 bits per heavy atom. The van der Waals surface area contributed by atoms with Crippen molar-refractivity contribution in [3.05, 3.63) is 27.7 Å². The van der Waals surface area contributed by atoms with Gasteiger partial charge in [0.15, 0.2) is 6.61 Å². The van der Waals surface area contributed by atoms with Gasteiger partial charge in [-0.25, -0.2) is 9.59 Å². The molecule has 5 nitrogen and oxygen atoms in total. The highest BCUT2D eigenvalue weighted by atomic mass is 79.9. The van der Waals surface area contributed by atoms with Gasteiger partial charge >= 0.3 is 11.9 Å². The van der Waals surface area contributed by atoms with E-state index in [1.807, 2.05) is 6.92 Å². The minimum absolute atomic E-state index is 0.0123. The average Bonchev–Trinajstić information content (AvgIpc) is 2.37. The molecule has 1 aromatic carbocycles. The number of aromatic carboxylic acids is 1. The molecule has 20 heavy (non-hydrogen) atoms. The molecule has 110 valence electrons. The van der Waals surface area contributed by atoms with Crippen LogP contribution in [0.5, 0.6) is 5.75 Å². The molecule has 0 spiro atoms. The van der Waals surface area contributed by atoms with E-state index in [-0.39, 0.29) is 17.9 Å².